The van der Waals surface area contributed by atoms with Crippen LogP contribution >= 0.6 is 11.6 Å². The van der Waals surface area contributed by atoms with Crippen LogP contribution in [0.25, 0.3) is 11.0 Å². The van der Waals surface area contributed by atoms with Gasteiger partial charge in [-0.3, -0.25) is 9.59 Å². The fourth-order valence-corrected chi connectivity index (χ4v) is 3.28. The number of rotatable bonds is 5. The first kappa shape index (κ1) is 20.4. The molecule has 0 aliphatic heterocycles. The van der Waals surface area contributed by atoms with Crippen molar-refractivity contribution in [2.75, 3.05) is 17.7 Å². The molecule has 0 radical (unpaired) electrons. The fourth-order valence-electron chi connectivity index (χ4n) is 3.09. The normalized spacial score (nSPS) is 10.7. The molecule has 8 heteroatoms. The van der Waals surface area contributed by atoms with E-state index in [2.05, 4.69) is 10.6 Å². The average Bonchev–Trinajstić information content (AvgIpc) is 3.12. The number of anilines is 2. The van der Waals surface area contributed by atoms with Crippen LogP contribution < -0.4 is 15.4 Å². The van der Waals surface area contributed by atoms with E-state index in [-0.39, 0.29) is 23.1 Å². The Balaban J connectivity index is 1.62. The summed E-state index contributed by atoms with van der Waals surface area (Å²) in [5.74, 6) is -1.28. The molecular formula is C23H16ClFN2O4. The van der Waals surface area contributed by atoms with E-state index in [4.69, 9.17) is 20.8 Å². The van der Waals surface area contributed by atoms with Gasteiger partial charge in [-0.25, -0.2) is 4.39 Å². The highest BCUT2D eigenvalue weighted by Crippen LogP contribution is 2.35. The lowest BCUT2D eigenvalue weighted by Gasteiger charge is -2.06. The predicted molar refractivity (Wildman–Crippen MR) is 117 cm³/mol. The van der Waals surface area contributed by atoms with E-state index in [0.29, 0.717) is 27.2 Å². The van der Waals surface area contributed by atoms with Crippen molar-refractivity contribution in [3.05, 3.63) is 88.9 Å². The van der Waals surface area contributed by atoms with Gasteiger partial charge in [-0.1, -0.05) is 23.7 Å². The van der Waals surface area contributed by atoms with Crippen molar-refractivity contribution in [3.8, 4) is 5.75 Å². The largest absolute Gasteiger partial charge is 0.492 e. The van der Waals surface area contributed by atoms with Gasteiger partial charge < -0.3 is 19.8 Å². The summed E-state index contributed by atoms with van der Waals surface area (Å²) in [5.41, 5.74) is 1.56. The Hall–Kier alpha value is -3.84. The van der Waals surface area contributed by atoms with Crippen molar-refractivity contribution in [1.29, 1.82) is 0 Å². The van der Waals surface area contributed by atoms with Crippen LogP contribution in [0.3, 0.4) is 0 Å². The maximum Gasteiger partial charge on any atom is 0.295 e. The van der Waals surface area contributed by atoms with E-state index in [1.54, 1.807) is 48.5 Å². The molecule has 0 unspecified atom stereocenters. The van der Waals surface area contributed by atoms with Crippen molar-refractivity contribution < 1.29 is 23.1 Å². The zero-order valence-corrected chi connectivity index (χ0v) is 17.0. The minimum atomic E-state index is -0.594. The minimum Gasteiger partial charge on any atom is -0.492 e. The second kappa shape index (κ2) is 8.49. The Kier molecular flexibility index (Phi) is 5.60. The van der Waals surface area contributed by atoms with Crippen LogP contribution in [0, 0.1) is 5.82 Å². The quantitative estimate of drug-likeness (QED) is 0.416. The van der Waals surface area contributed by atoms with Gasteiger partial charge in [0.2, 0.25) is 5.76 Å². The number of hydrogen-bond donors (Lipinski definition) is 2. The Morgan fingerprint density at radius 1 is 0.935 bits per heavy atom. The van der Waals surface area contributed by atoms with Crippen molar-refractivity contribution in [3.63, 3.8) is 0 Å². The monoisotopic (exact) mass is 438 g/mol. The molecule has 31 heavy (non-hydrogen) atoms. The molecule has 0 saturated carbocycles. The first-order valence-electron chi connectivity index (χ1n) is 9.19. The number of fused-ring (bicyclic) bond motifs is 1. The molecule has 6 nitrogen and oxygen atoms in total. The SMILES string of the molecule is COc1c(C(=O)Nc2cccc(F)c2)oc2ccc(NC(=O)c3cccc(Cl)c3)cc12. The van der Waals surface area contributed by atoms with Gasteiger partial charge in [0, 0.05) is 22.0 Å². The van der Waals surface area contributed by atoms with E-state index >= 15 is 0 Å². The van der Waals surface area contributed by atoms with Gasteiger partial charge in [0.15, 0.2) is 5.75 Å². The molecule has 2 N–H and O–H groups in total. The standard InChI is InChI=1S/C23H16ClFN2O4/c1-30-20-18-12-17(26-22(28)13-4-2-5-14(24)10-13)8-9-19(18)31-21(20)23(29)27-16-7-3-6-15(25)11-16/h2-12H,1H3,(H,26,28)(H,27,29). The second-order valence-corrected chi connectivity index (χ2v) is 7.04. The molecule has 0 bridgehead atoms. The number of furan rings is 1. The highest BCUT2D eigenvalue weighted by Gasteiger charge is 2.22. The van der Waals surface area contributed by atoms with Gasteiger partial charge in [-0.2, -0.15) is 0 Å². The number of halogens is 2. The average molecular weight is 439 g/mol. The van der Waals surface area contributed by atoms with Gasteiger partial charge in [-0.15, -0.1) is 0 Å². The maximum atomic E-state index is 13.4. The molecule has 0 aliphatic carbocycles. The molecule has 0 saturated heterocycles. The lowest BCUT2D eigenvalue weighted by atomic mass is 10.2. The topological polar surface area (TPSA) is 80.6 Å². The number of hydrogen-bond acceptors (Lipinski definition) is 4. The lowest BCUT2D eigenvalue weighted by Crippen LogP contribution is -2.12. The Morgan fingerprint density at radius 2 is 1.68 bits per heavy atom. The Bertz CT molecular complexity index is 1300. The van der Waals surface area contributed by atoms with Crippen molar-refractivity contribution in [1.82, 2.24) is 0 Å². The third kappa shape index (κ3) is 4.36. The molecule has 2 amide bonds. The molecule has 3 aromatic carbocycles. The summed E-state index contributed by atoms with van der Waals surface area (Å²) in [6.07, 6.45) is 0. The number of methoxy groups -OCH3 is 1. The molecule has 0 atom stereocenters. The van der Waals surface area contributed by atoms with Crippen LogP contribution in [0.1, 0.15) is 20.9 Å². The molecule has 0 fully saturated rings. The van der Waals surface area contributed by atoms with Crippen LogP contribution in [0.4, 0.5) is 15.8 Å². The third-order valence-corrected chi connectivity index (χ3v) is 4.72. The number of amides is 2. The molecule has 0 spiro atoms. The number of carbonyl (C=O) groups is 2. The maximum absolute atomic E-state index is 13.4. The van der Waals surface area contributed by atoms with E-state index in [0.717, 1.165) is 0 Å². The number of benzene rings is 3. The van der Waals surface area contributed by atoms with Gasteiger partial charge in [0.25, 0.3) is 11.8 Å². The molecule has 4 rings (SSSR count). The van der Waals surface area contributed by atoms with Gasteiger partial charge in [-0.05, 0) is 54.6 Å². The van der Waals surface area contributed by atoms with Crippen molar-refractivity contribution in [2.24, 2.45) is 0 Å². The fraction of sp³-hybridized carbons (Fsp3) is 0.0435. The van der Waals surface area contributed by atoms with E-state index < -0.39 is 11.7 Å². The van der Waals surface area contributed by atoms with Crippen LogP contribution in [0.2, 0.25) is 5.02 Å². The lowest BCUT2D eigenvalue weighted by molar-refractivity contribution is 0.0992. The zero-order valence-electron chi connectivity index (χ0n) is 16.2. The van der Waals surface area contributed by atoms with Crippen molar-refractivity contribution >= 4 is 45.8 Å². The Morgan fingerprint density at radius 3 is 2.42 bits per heavy atom. The van der Waals surface area contributed by atoms with Gasteiger partial charge in [0.1, 0.15) is 11.4 Å². The van der Waals surface area contributed by atoms with E-state index in [9.17, 15) is 14.0 Å². The summed E-state index contributed by atoms with van der Waals surface area (Å²) in [5, 5.41) is 6.30. The summed E-state index contributed by atoms with van der Waals surface area (Å²) in [4.78, 5) is 25.1. The highest BCUT2D eigenvalue weighted by atomic mass is 35.5. The zero-order chi connectivity index (χ0) is 22.0. The Labute approximate surface area is 181 Å². The number of nitrogens with one attached hydrogen (secondary N) is 2. The molecule has 1 aromatic heterocycles. The van der Waals surface area contributed by atoms with E-state index in [1.807, 2.05) is 0 Å². The number of carbonyl (C=O) groups excluding carboxylic acids is 2. The van der Waals surface area contributed by atoms with Crippen LogP contribution in [-0.2, 0) is 0 Å². The second-order valence-electron chi connectivity index (χ2n) is 6.60. The minimum absolute atomic E-state index is 0.0694. The van der Waals surface area contributed by atoms with Crippen molar-refractivity contribution in [2.45, 2.75) is 0 Å². The summed E-state index contributed by atoms with van der Waals surface area (Å²) in [6.45, 7) is 0. The van der Waals surface area contributed by atoms with Gasteiger partial charge >= 0.3 is 0 Å². The van der Waals surface area contributed by atoms with Gasteiger partial charge in [0.05, 0.1) is 12.5 Å². The number of ether oxygens (including phenoxy) is 1. The van der Waals surface area contributed by atoms with Crippen LogP contribution in [0.15, 0.2) is 71.1 Å². The molecule has 4 aromatic rings. The summed E-state index contributed by atoms with van der Waals surface area (Å²) in [6, 6.07) is 17.0. The molecular weight excluding hydrogens is 423 g/mol. The molecule has 156 valence electrons. The summed E-state index contributed by atoms with van der Waals surface area (Å²) in [7, 11) is 1.40. The van der Waals surface area contributed by atoms with E-state index in [1.165, 1.54) is 25.3 Å². The smallest absolute Gasteiger partial charge is 0.295 e. The summed E-state index contributed by atoms with van der Waals surface area (Å²) < 4.78 is 24.4. The first-order valence-corrected chi connectivity index (χ1v) is 9.57. The third-order valence-electron chi connectivity index (χ3n) is 4.48. The summed E-state index contributed by atoms with van der Waals surface area (Å²) >= 11 is 5.94. The van der Waals surface area contributed by atoms with Crippen LogP contribution in [-0.4, -0.2) is 18.9 Å². The predicted octanol–water partition coefficient (Wildman–Crippen LogP) is 5.74. The highest BCUT2D eigenvalue weighted by molar-refractivity contribution is 6.31. The molecule has 1 heterocycles. The molecule has 0 aliphatic rings. The first-order chi connectivity index (χ1) is 14.9. The van der Waals surface area contributed by atoms with Crippen LogP contribution in [0.5, 0.6) is 5.75 Å².